The molecule has 4 nitrogen and oxygen atoms in total. The second-order valence-electron chi connectivity index (χ2n) is 5.65. The predicted molar refractivity (Wildman–Crippen MR) is 77.6 cm³/mol. The molecule has 0 N–H and O–H groups in total. The average Bonchev–Trinajstić information content (AvgIpc) is 2.87. The van der Waals surface area contributed by atoms with E-state index in [9.17, 15) is 4.79 Å². The molecule has 2 aliphatic heterocycles. The van der Waals surface area contributed by atoms with Crippen LogP contribution in [0.5, 0.6) is 0 Å². The zero-order valence-electron chi connectivity index (χ0n) is 11.5. The standard InChI is InChI=1S/C14H20BrN3O/c1-3-17-13(6-9(2)16-17)14(19)18-11-4-5-12(18)8-10(15)7-11/h6,10-12H,3-5,7-8H2,1-2H3. The Kier molecular flexibility index (Phi) is 3.41. The quantitative estimate of drug-likeness (QED) is 0.784. The molecule has 2 unspecified atom stereocenters. The maximum Gasteiger partial charge on any atom is 0.272 e. The van der Waals surface area contributed by atoms with E-state index >= 15 is 0 Å². The molecule has 2 saturated heterocycles. The number of halogens is 1. The van der Waals surface area contributed by atoms with Gasteiger partial charge in [0.05, 0.1) is 5.69 Å². The van der Waals surface area contributed by atoms with Gasteiger partial charge in [0.25, 0.3) is 5.91 Å². The number of hydrogen-bond acceptors (Lipinski definition) is 2. The first kappa shape index (κ1) is 13.2. The Bertz CT molecular complexity index is 485. The van der Waals surface area contributed by atoms with Crippen molar-refractivity contribution in [2.45, 2.75) is 63.0 Å². The molecule has 3 heterocycles. The van der Waals surface area contributed by atoms with E-state index in [1.165, 1.54) is 0 Å². The Morgan fingerprint density at radius 3 is 2.63 bits per heavy atom. The van der Waals surface area contributed by atoms with Crippen molar-refractivity contribution in [2.24, 2.45) is 0 Å². The maximum absolute atomic E-state index is 12.8. The van der Waals surface area contributed by atoms with Crippen LogP contribution < -0.4 is 0 Å². The van der Waals surface area contributed by atoms with Crippen molar-refractivity contribution in [3.63, 3.8) is 0 Å². The highest BCUT2D eigenvalue weighted by molar-refractivity contribution is 9.09. The molecule has 1 aromatic rings. The SMILES string of the molecule is CCn1nc(C)cc1C(=O)N1C2CCC1CC(Br)C2. The topological polar surface area (TPSA) is 38.1 Å². The van der Waals surface area contributed by atoms with Crippen molar-refractivity contribution >= 4 is 21.8 Å². The summed E-state index contributed by atoms with van der Waals surface area (Å²) in [6.45, 7) is 4.73. The first-order chi connectivity index (χ1) is 9.10. The third-order valence-corrected chi connectivity index (χ3v) is 5.08. The van der Waals surface area contributed by atoms with Gasteiger partial charge in [0, 0.05) is 23.5 Å². The van der Waals surface area contributed by atoms with Gasteiger partial charge < -0.3 is 4.90 Å². The van der Waals surface area contributed by atoms with Crippen LogP contribution in [0.4, 0.5) is 0 Å². The van der Waals surface area contributed by atoms with Crippen LogP contribution in [0.3, 0.4) is 0 Å². The van der Waals surface area contributed by atoms with Crippen molar-refractivity contribution in [1.82, 2.24) is 14.7 Å². The predicted octanol–water partition coefficient (Wildman–Crippen LogP) is 2.74. The van der Waals surface area contributed by atoms with Gasteiger partial charge >= 0.3 is 0 Å². The van der Waals surface area contributed by atoms with Crippen LogP contribution in [0.2, 0.25) is 0 Å². The zero-order valence-corrected chi connectivity index (χ0v) is 13.1. The zero-order chi connectivity index (χ0) is 13.6. The van der Waals surface area contributed by atoms with Crippen LogP contribution in [0.15, 0.2) is 6.07 Å². The highest BCUT2D eigenvalue weighted by Gasteiger charge is 2.43. The fourth-order valence-corrected chi connectivity index (χ4v) is 4.40. The lowest BCUT2D eigenvalue weighted by molar-refractivity contribution is 0.0590. The number of amides is 1. The summed E-state index contributed by atoms with van der Waals surface area (Å²) in [7, 11) is 0. The van der Waals surface area contributed by atoms with E-state index in [0.717, 1.165) is 43.6 Å². The minimum Gasteiger partial charge on any atom is -0.331 e. The molecule has 2 fully saturated rings. The van der Waals surface area contributed by atoms with E-state index in [2.05, 4.69) is 25.9 Å². The Balaban J connectivity index is 1.88. The summed E-state index contributed by atoms with van der Waals surface area (Å²) < 4.78 is 1.83. The molecule has 2 aliphatic rings. The average molecular weight is 326 g/mol. The number of alkyl halides is 1. The van der Waals surface area contributed by atoms with Crippen LogP contribution in [-0.2, 0) is 6.54 Å². The molecule has 0 radical (unpaired) electrons. The van der Waals surface area contributed by atoms with Crippen LogP contribution >= 0.6 is 15.9 Å². The van der Waals surface area contributed by atoms with Gasteiger partial charge in [-0.3, -0.25) is 9.48 Å². The Morgan fingerprint density at radius 2 is 2.05 bits per heavy atom. The smallest absolute Gasteiger partial charge is 0.272 e. The van der Waals surface area contributed by atoms with Crippen LogP contribution in [-0.4, -0.2) is 37.5 Å². The van der Waals surface area contributed by atoms with Gasteiger partial charge in [-0.15, -0.1) is 0 Å². The van der Waals surface area contributed by atoms with Crippen molar-refractivity contribution in [1.29, 1.82) is 0 Å². The summed E-state index contributed by atoms with van der Waals surface area (Å²) >= 11 is 3.72. The van der Waals surface area contributed by atoms with Crippen LogP contribution in [0, 0.1) is 6.92 Å². The Hall–Kier alpha value is -0.840. The number of hydrogen-bond donors (Lipinski definition) is 0. The number of rotatable bonds is 2. The molecule has 0 saturated carbocycles. The van der Waals surface area contributed by atoms with Crippen LogP contribution in [0.25, 0.3) is 0 Å². The van der Waals surface area contributed by atoms with Crippen LogP contribution in [0.1, 0.15) is 48.8 Å². The van der Waals surface area contributed by atoms with E-state index in [4.69, 9.17) is 0 Å². The largest absolute Gasteiger partial charge is 0.331 e. The minimum absolute atomic E-state index is 0.175. The van der Waals surface area contributed by atoms with E-state index in [0.29, 0.717) is 16.9 Å². The lowest BCUT2D eigenvalue weighted by Crippen LogP contribution is -2.47. The van der Waals surface area contributed by atoms with E-state index < -0.39 is 0 Å². The minimum atomic E-state index is 0.175. The van der Waals surface area contributed by atoms with Crippen molar-refractivity contribution in [2.75, 3.05) is 0 Å². The number of nitrogens with zero attached hydrogens (tertiary/aromatic N) is 3. The monoisotopic (exact) mass is 325 g/mol. The molecule has 1 amide bonds. The highest BCUT2D eigenvalue weighted by Crippen LogP contribution is 2.39. The summed E-state index contributed by atoms with van der Waals surface area (Å²) in [6.07, 6.45) is 4.47. The molecule has 2 atom stereocenters. The first-order valence-corrected chi connectivity index (χ1v) is 8.03. The third kappa shape index (κ3) is 2.22. The molecule has 104 valence electrons. The second kappa shape index (κ2) is 4.93. The molecule has 1 aromatic heterocycles. The molecule has 19 heavy (non-hydrogen) atoms. The fourth-order valence-electron chi connectivity index (χ4n) is 3.53. The van der Waals surface area contributed by atoms with E-state index in [-0.39, 0.29) is 5.91 Å². The van der Waals surface area contributed by atoms with Crippen molar-refractivity contribution in [3.05, 3.63) is 17.5 Å². The Morgan fingerprint density at radius 1 is 1.42 bits per heavy atom. The number of fused-ring (bicyclic) bond motifs is 2. The normalized spacial score (nSPS) is 29.8. The van der Waals surface area contributed by atoms with Crippen molar-refractivity contribution in [3.8, 4) is 0 Å². The molecular formula is C14H20BrN3O. The van der Waals surface area contributed by atoms with Gasteiger partial charge in [0.15, 0.2) is 0 Å². The summed E-state index contributed by atoms with van der Waals surface area (Å²) in [4.78, 5) is 15.5. The number of aromatic nitrogens is 2. The lowest BCUT2D eigenvalue weighted by atomic mass is 10.0. The molecule has 2 bridgehead atoms. The number of piperidine rings is 1. The summed E-state index contributed by atoms with van der Waals surface area (Å²) in [5.41, 5.74) is 1.68. The first-order valence-electron chi connectivity index (χ1n) is 7.11. The summed E-state index contributed by atoms with van der Waals surface area (Å²) in [5.74, 6) is 0.175. The van der Waals surface area contributed by atoms with Gasteiger partial charge in [-0.1, -0.05) is 15.9 Å². The molecule has 0 spiro atoms. The second-order valence-corrected chi connectivity index (χ2v) is 6.95. The van der Waals surface area contributed by atoms with E-state index in [1.807, 2.05) is 24.6 Å². The molecule has 5 heteroatoms. The molecule has 0 aliphatic carbocycles. The summed E-state index contributed by atoms with van der Waals surface area (Å²) in [6, 6.07) is 2.75. The number of aryl methyl sites for hydroxylation is 2. The van der Waals surface area contributed by atoms with Gasteiger partial charge in [-0.25, -0.2) is 0 Å². The van der Waals surface area contributed by atoms with Gasteiger partial charge in [0.1, 0.15) is 5.69 Å². The maximum atomic E-state index is 12.8. The molecule has 3 rings (SSSR count). The molecular weight excluding hydrogens is 306 g/mol. The van der Waals surface area contributed by atoms with Gasteiger partial charge in [0.2, 0.25) is 0 Å². The van der Waals surface area contributed by atoms with E-state index in [1.54, 1.807) is 0 Å². The lowest BCUT2D eigenvalue weighted by Gasteiger charge is -2.37. The Labute approximate surface area is 122 Å². The van der Waals surface area contributed by atoms with Gasteiger partial charge in [-0.2, -0.15) is 5.10 Å². The summed E-state index contributed by atoms with van der Waals surface area (Å²) in [5, 5.41) is 4.39. The highest BCUT2D eigenvalue weighted by atomic mass is 79.9. The fraction of sp³-hybridized carbons (Fsp3) is 0.714. The van der Waals surface area contributed by atoms with Gasteiger partial charge in [-0.05, 0) is 45.6 Å². The van der Waals surface area contributed by atoms with Crippen molar-refractivity contribution < 1.29 is 4.79 Å². The third-order valence-electron chi connectivity index (χ3n) is 4.33. The number of carbonyl (C=O) groups excluding carboxylic acids is 1. The molecule has 0 aromatic carbocycles. The number of carbonyl (C=O) groups is 1.